The number of ether oxygens (including phenoxy) is 2. The summed E-state index contributed by atoms with van der Waals surface area (Å²) < 4.78 is 12.7. The fourth-order valence-electron chi connectivity index (χ4n) is 3.58. The molecule has 1 aliphatic heterocycles. The first-order valence-corrected chi connectivity index (χ1v) is 11.4. The van der Waals surface area contributed by atoms with E-state index in [2.05, 4.69) is 10.4 Å². The van der Waals surface area contributed by atoms with Gasteiger partial charge in [-0.05, 0) is 68.7 Å². The van der Waals surface area contributed by atoms with Crippen molar-refractivity contribution in [2.75, 3.05) is 11.9 Å². The van der Waals surface area contributed by atoms with Gasteiger partial charge in [-0.3, -0.25) is 4.79 Å². The number of hydrogen-bond donors (Lipinski definition) is 1. The first-order valence-electron chi connectivity index (χ1n) is 11.0. The lowest BCUT2D eigenvalue weighted by molar-refractivity contribution is 0.0224. The Hall–Kier alpha value is -3.52. The van der Waals surface area contributed by atoms with E-state index in [4.69, 9.17) is 21.1 Å². The SMILES string of the molecule is CC(C)(C)OC(=O)N1CCc2cc(C(=O)Nc3cnn(COc4cccc(Cl)c4)c3)ccc2C1. The second-order valence-electron chi connectivity index (χ2n) is 9.09. The summed E-state index contributed by atoms with van der Waals surface area (Å²) in [4.78, 5) is 26.8. The molecule has 178 valence electrons. The zero-order valence-corrected chi connectivity index (χ0v) is 20.1. The lowest BCUT2D eigenvalue weighted by Crippen LogP contribution is -2.39. The third-order valence-electron chi connectivity index (χ3n) is 5.18. The molecule has 0 radical (unpaired) electrons. The molecule has 0 bridgehead atoms. The van der Waals surface area contributed by atoms with Crippen LogP contribution in [0.15, 0.2) is 54.9 Å². The normalized spacial score (nSPS) is 13.2. The van der Waals surface area contributed by atoms with Crippen LogP contribution in [0.2, 0.25) is 5.02 Å². The van der Waals surface area contributed by atoms with Gasteiger partial charge in [0.15, 0.2) is 6.73 Å². The summed E-state index contributed by atoms with van der Waals surface area (Å²) in [5.74, 6) is 0.403. The van der Waals surface area contributed by atoms with Gasteiger partial charge in [-0.25, -0.2) is 9.48 Å². The van der Waals surface area contributed by atoms with Crippen LogP contribution in [0.5, 0.6) is 5.75 Å². The van der Waals surface area contributed by atoms with Crippen molar-refractivity contribution in [1.29, 1.82) is 0 Å². The maximum absolute atomic E-state index is 12.8. The number of benzene rings is 2. The van der Waals surface area contributed by atoms with Gasteiger partial charge < -0.3 is 19.7 Å². The average molecular weight is 483 g/mol. The van der Waals surface area contributed by atoms with Crippen LogP contribution in [-0.4, -0.2) is 38.8 Å². The van der Waals surface area contributed by atoms with E-state index >= 15 is 0 Å². The molecule has 9 heteroatoms. The highest BCUT2D eigenvalue weighted by Crippen LogP contribution is 2.23. The molecule has 34 heavy (non-hydrogen) atoms. The molecule has 0 fully saturated rings. The minimum Gasteiger partial charge on any atom is -0.471 e. The molecule has 8 nitrogen and oxygen atoms in total. The molecular weight excluding hydrogens is 456 g/mol. The zero-order chi connectivity index (χ0) is 24.3. The topological polar surface area (TPSA) is 85.7 Å². The van der Waals surface area contributed by atoms with E-state index in [-0.39, 0.29) is 18.7 Å². The number of halogens is 1. The average Bonchev–Trinajstić information content (AvgIpc) is 3.23. The van der Waals surface area contributed by atoms with Crippen molar-refractivity contribution in [3.05, 3.63) is 76.6 Å². The molecule has 4 rings (SSSR count). The Labute approximate surface area is 203 Å². The molecule has 1 aliphatic rings. The van der Waals surface area contributed by atoms with Crippen LogP contribution >= 0.6 is 11.6 Å². The second-order valence-corrected chi connectivity index (χ2v) is 9.53. The van der Waals surface area contributed by atoms with Crippen LogP contribution in [0, 0.1) is 0 Å². The van der Waals surface area contributed by atoms with Gasteiger partial charge in [0.2, 0.25) is 0 Å². The molecule has 2 heterocycles. The van der Waals surface area contributed by atoms with E-state index in [1.807, 2.05) is 32.9 Å². The summed E-state index contributed by atoms with van der Waals surface area (Å²) >= 11 is 5.96. The van der Waals surface area contributed by atoms with E-state index in [1.165, 1.54) is 0 Å². The van der Waals surface area contributed by atoms with Gasteiger partial charge >= 0.3 is 6.09 Å². The van der Waals surface area contributed by atoms with Crippen molar-refractivity contribution in [3.63, 3.8) is 0 Å². The van der Waals surface area contributed by atoms with Crippen molar-refractivity contribution < 1.29 is 19.1 Å². The number of amides is 2. The molecule has 1 N–H and O–H groups in total. The van der Waals surface area contributed by atoms with Crippen LogP contribution in [0.1, 0.15) is 42.3 Å². The van der Waals surface area contributed by atoms with Gasteiger partial charge in [-0.2, -0.15) is 5.10 Å². The van der Waals surface area contributed by atoms with E-state index < -0.39 is 5.60 Å². The van der Waals surface area contributed by atoms with Gasteiger partial charge in [0.05, 0.1) is 18.1 Å². The number of nitrogens with zero attached hydrogens (tertiary/aromatic N) is 3. The Morgan fingerprint density at radius 1 is 1.15 bits per heavy atom. The number of carbonyl (C=O) groups is 2. The molecule has 0 saturated heterocycles. The van der Waals surface area contributed by atoms with Crippen molar-refractivity contribution in [1.82, 2.24) is 14.7 Å². The zero-order valence-electron chi connectivity index (χ0n) is 19.4. The quantitative estimate of drug-likeness (QED) is 0.545. The third-order valence-corrected chi connectivity index (χ3v) is 5.42. The highest BCUT2D eigenvalue weighted by Gasteiger charge is 2.26. The van der Waals surface area contributed by atoms with Crippen molar-refractivity contribution in [2.45, 2.75) is 46.1 Å². The van der Waals surface area contributed by atoms with Crippen LogP contribution in [0.4, 0.5) is 10.5 Å². The summed E-state index contributed by atoms with van der Waals surface area (Å²) in [7, 11) is 0. The summed E-state index contributed by atoms with van der Waals surface area (Å²) in [6, 6.07) is 12.6. The molecule has 2 amide bonds. The van der Waals surface area contributed by atoms with Crippen LogP contribution in [-0.2, 0) is 24.4 Å². The minimum atomic E-state index is -0.533. The number of fused-ring (bicyclic) bond motifs is 1. The fourth-order valence-corrected chi connectivity index (χ4v) is 3.76. The Kier molecular flexibility index (Phi) is 6.79. The smallest absolute Gasteiger partial charge is 0.410 e. The number of hydrogen-bond acceptors (Lipinski definition) is 5. The van der Waals surface area contributed by atoms with Crippen molar-refractivity contribution in [2.24, 2.45) is 0 Å². The molecule has 0 saturated carbocycles. The Balaban J connectivity index is 1.34. The highest BCUT2D eigenvalue weighted by molar-refractivity contribution is 6.30. The monoisotopic (exact) mass is 482 g/mol. The van der Waals surface area contributed by atoms with E-state index in [0.29, 0.717) is 41.5 Å². The van der Waals surface area contributed by atoms with Crippen LogP contribution in [0.25, 0.3) is 0 Å². The van der Waals surface area contributed by atoms with Crippen molar-refractivity contribution >= 4 is 29.3 Å². The van der Waals surface area contributed by atoms with Gasteiger partial charge in [0.1, 0.15) is 11.4 Å². The Bertz CT molecular complexity index is 1200. The van der Waals surface area contributed by atoms with E-state index in [0.717, 1.165) is 11.1 Å². The Morgan fingerprint density at radius 2 is 1.97 bits per heavy atom. The highest BCUT2D eigenvalue weighted by atomic mass is 35.5. The molecule has 0 atom stereocenters. The first-order chi connectivity index (χ1) is 16.2. The predicted molar refractivity (Wildman–Crippen MR) is 129 cm³/mol. The van der Waals surface area contributed by atoms with Gasteiger partial charge in [-0.1, -0.05) is 23.7 Å². The van der Waals surface area contributed by atoms with Crippen LogP contribution < -0.4 is 10.1 Å². The maximum Gasteiger partial charge on any atom is 0.410 e. The largest absolute Gasteiger partial charge is 0.471 e. The standard InChI is InChI=1S/C25H27ClN4O4/c1-25(2,3)34-24(32)29-10-9-17-11-18(7-8-19(17)14-29)23(31)28-21-13-27-30(15-21)16-33-22-6-4-5-20(26)12-22/h4-8,11-13,15H,9-10,14,16H2,1-3H3,(H,28,31). The van der Waals surface area contributed by atoms with E-state index in [9.17, 15) is 9.59 Å². The minimum absolute atomic E-state index is 0.184. The summed E-state index contributed by atoms with van der Waals surface area (Å²) in [5, 5.41) is 7.67. The van der Waals surface area contributed by atoms with Crippen LogP contribution in [0.3, 0.4) is 0 Å². The molecule has 1 aromatic heterocycles. The molecule has 0 unspecified atom stereocenters. The van der Waals surface area contributed by atoms with E-state index in [1.54, 1.807) is 52.3 Å². The number of rotatable bonds is 5. The lowest BCUT2D eigenvalue weighted by atomic mass is 9.97. The maximum atomic E-state index is 12.8. The second kappa shape index (κ2) is 9.77. The predicted octanol–water partition coefficient (Wildman–Crippen LogP) is 5.12. The fraction of sp³-hybridized carbons (Fsp3) is 0.320. The molecule has 2 aromatic carbocycles. The lowest BCUT2D eigenvalue weighted by Gasteiger charge is -2.31. The number of nitrogens with one attached hydrogen (secondary N) is 1. The summed E-state index contributed by atoms with van der Waals surface area (Å²) in [6.07, 6.45) is 3.60. The Morgan fingerprint density at radius 3 is 2.74 bits per heavy atom. The number of carbonyl (C=O) groups excluding carboxylic acids is 2. The summed E-state index contributed by atoms with van der Waals surface area (Å²) in [6.45, 7) is 6.75. The summed E-state index contributed by atoms with van der Waals surface area (Å²) in [5.41, 5.74) is 2.65. The van der Waals surface area contributed by atoms with Crippen molar-refractivity contribution in [3.8, 4) is 5.75 Å². The van der Waals surface area contributed by atoms with Gasteiger partial charge in [-0.15, -0.1) is 0 Å². The van der Waals surface area contributed by atoms with Gasteiger partial charge in [0, 0.05) is 23.7 Å². The third kappa shape index (κ3) is 6.08. The molecular formula is C25H27ClN4O4. The number of aromatic nitrogens is 2. The van der Waals surface area contributed by atoms with Gasteiger partial charge in [0.25, 0.3) is 5.91 Å². The molecule has 3 aromatic rings. The number of anilines is 1. The molecule has 0 aliphatic carbocycles. The first kappa shape index (κ1) is 23.6. The molecule has 0 spiro atoms.